The van der Waals surface area contributed by atoms with E-state index in [0.29, 0.717) is 18.0 Å². The van der Waals surface area contributed by atoms with Crippen molar-refractivity contribution in [3.63, 3.8) is 0 Å². The molecule has 0 heterocycles. The molecule has 0 radical (unpaired) electrons. The van der Waals surface area contributed by atoms with Crippen LogP contribution in [0.25, 0.3) is 0 Å². The minimum Gasteiger partial charge on any atom is -0.493 e. The Morgan fingerprint density at radius 1 is 1.27 bits per heavy atom. The highest BCUT2D eigenvalue weighted by Gasteiger charge is 2.19. The van der Waals surface area contributed by atoms with E-state index in [1.54, 1.807) is 13.0 Å². The van der Waals surface area contributed by atoms with Gasteiger partial charge >= 0.3 is 0 Å². The Morgan fingerprint density at radius 3 is 2.73 bits per heavy atom. The fourth-order valence-corrected chi connectivity index (χ4v) is 2.17. The van der Waals surface area contributed by atoms with Gasteiger partial charge in [-0.25, -0.2) is 4.39 Å². The Morgan fingerprint density at radius 2 is 2.05 bits per heavy atom. The molecular weight excluding hydrogens is 309 g/mol. The van der Waals surface area contributed by atoms with Crippen LogP contribution in [-0.2, 0) is 4.79 Å². The van der Waals surface area contributed by atoms with Crippen molar-refractivity contribution in [2.75, 3.05) is 11.9 Å². The van der Waals surface area contributed by atoms with Gasteiger partial charge in [-0.1, -0.05) is 11.6 Å². The van der Waals surface area contributed by atoms with Crippen LogP contribution in [0.3, 0.4) is 0 Å². The monoisotopic (exact) mass is 321 g/mol. The number of carbonyl (C=O) groups is 2. The minimum absolute atomic E-state index is 0.0677. The second-order valence-electron chi connectivity index (χ2n) is 4.35. The van der Waals surface area contributed by atoms with Gasteiger partial charge in [0.15, 0.2) is 5.78 Å². The normalized spacial score (nSPS) is 10.1. The summed E-state index contributed by atoms with van der Waals surface area (Å²) in [4.78, 5) is 23.3. The molecule has 2 aromatic carbocycles. The number of benzene rings is 2. The maximum Gasteiger partial charge on any atom is 0.211 e. The molecule has 2 aromatic rings. The Balaban J connectivity index is 2.54. The molecule has 0 saturated heterocycles. The van der Waals surface area contributed by atoms with E-state index in [-0.39, 0.29) is 22.6 Å². The van der Waals surface area contributed by atoms with Crippen molar-refractivity contribution in [1.29, 1.82) is 0 Å². The van der Waals surface area contributed by atoms with Crippen molar-refractivity contribution in [2.45, 2.75) is 6.92 Å². The largest absolute Gasteiger partial charge is 0.493 e. The number of halogens is 2. The van der Waals surface area contributed by atoms with Crippen LogP contribution < -0.4 is 10.1 Å². The molecule has 2 rings (SSSR count). The summed E-state index contributed by atoms with van der Waals surface area (Å²) >= 11 is 5.91. The summed E-state index contributed by atoms with van der Waals surface area (Å²) < 4.78 is 18.8. The van der Waals surface area contributed by atoms with Gasteiger partial charge in [-0.05, 0) is 43.3 Å². The molecule has 0 fully saturated rings. The second kappa shape index (κ2) is 7.04. The molecule has 0 spiro atoms. The summed E-state index contributed by atoms with van der Waals surface area (Å²) in [6.07, 6.45) is 0.453. The number of rotatable bonds is 6. The Kier molecular flexibility index (Phi) is 5.12. The van der Waals surface area contributed by atoms with E-state index in [9.17, 15) is 14.0 Å². The number of hydrogen-bond donors (Lipinski definition) is 1. The standard InChI is InChI=1S/C16H13ClFNO3/c1-2-22-15-6-4-11(18)8-13(15)16(21)12-7-10(17)3-5-14(12)19-9-20/h3-9H,2H2,1H3,(H,19,20). The highest BCUT2D eigenvalue weighted by atomic mass is 35.5. The number of ketones is 1. The van der Waals surface area contributed by atoms with Crippen molar-refractivity contribution in [3.05, 3.63) is 58.4 Å². The zero-order valence-electron chi connectivity index (χ0n) is 11.7. The van der Waals surface area contributed by atoms with Gasteiger partial charge in [-0.3, -0.25) is 9.59 Å². The van der Waals surface area contributed by atoms with Gasteiger partial charge in [0.1, 0.15) is 11.6 Å². The first-order chi connectivity index (χ1) is 10.6. The van der Waals surface area contributed by atoms with Gasteiger partial charge < -0.3 is 10.1 Å². The molecule has 0 aliphatic heterocycles. The lowest BCUT2D eigenvalue weighted by atomic mass is 10.0. The lowest BCUT2D eigenvalue weighted by molar-refractivity contribution is -0.105. The molecule has 0 unspecified atom stereocenters. The molecule has 6 heteroatoms. The lowest BCUT2D eigenvalue weighted by Crippen LogP contribution is -2.09. The predicted octanol–water partition coefficient (Wildman–Crippen LogP) is 3.68. The predicted molar refractivity (Wildman–Crippen MR) is 82.1 cm³/mol. The van der Waals surface area contributed by atoms with E-state index >= 15 is 0 Å². The van der Waals surface area contributed by atoms with Crippen LogP contribution in [0.15, 0.2) is 36.4 Å². The van der Waals surface area contributed by atoms with Gasteiger partial charge in [0, 0.05) is 10.6 Å². The average molecular weight is 322 g/mol. The fraction of sp³-hybridized carbons (Fsp3) is 0.125. The van der Waals surface area contributed by atoms with Crippen LogP contribution >= 0.6 is 11.6 Å². The third kappa shape index (κ3) is 3.43. The smallest absolute Gasteiger partial charge is 0.211 e. The summed E-state index contributed by atoms with van der Waals surface area (Å²) in [6, 6.07) is 8.16. The van der Waals surface area contributed by atoms with Crippen LogP contribution in [0.5, 0.6) is 5.75 Å². The lowest BCUT2D eigenvalue weighted by Gasteiger charge is -2.12. The zero-order chi connectivity index (χ0) is 16.1. The second-order valence-corrected chi connectivity index (χ2v) is 4.79. The molecule has 1 N–H and O–H groups in total. The summed E-state index contributed by atoms with van der Waals surface area (Å²) in [6.45, 7) is 2.09. The van der Waals surface area contributed by atoms with Gasteiger partial charge in [-0.2, -0.15) is 0 Å². The molecule has 22 heavy (non-hydrogen) atoms. The molecule has 1 amide bonds. The maximum atomic E-state index is 13.5. The number of nitrogens with one attached hydrogen (secondary N) is 1. The highest BCUT2D eigenvalue weighted by molar-refractivity contribution is 6.31. The van der Waals surface area contributed by atoms with Crippen LogP contribution in [0.4, 0.5) is 10.1 Å². The van der Waals surface area contributed by atoms with Crippen molar-refractivity contribution < 1.29 is 18.7 Å². The number of hydrogen-bond acceptors (Lipinski definition) is 3. The van der Waals surface area contributed by atoms with Crippen LogP contribution in [-0.4, -0.2) is 18.8 Å². The highest BCUT2D eigenvalue weighted by Crippen LogP contribution is 2.28. The third-order valence-electron chi connectivity index (χ3n) is 2.93. The first-order valence-corrected chi connectivity index (χ1v) is 6.91. The Labute approximate surface area is 131 Å². The van der Waals surface area contributed by atoms with E-state index in [2.05, 4.69) is 5.32 Å². The van der Waals surface area contributed by atoms with Crippen molar-refractivity contribution in [2.24, 2.45) is 0 Å². The molecule has 4 nitrogen and oxygen atoms in total. The average Bonchev–Trinajstić information content (AvgIpc) is 2.50. The molecule has 0 aliphatic rings. The molecule has 0 aromatic heterocycles. The summed E-state index contributed by atoms with van der Waals surface area (Å²) in [5, 5.41) is 2.75. The number of carbonyl (C=O) groups excluding carboxylic acids is 2. The summed E-state index contributed by atoms with van der Waals surface area (Å²) in [7, 11) is 0. The zero-order valence-corrected chi connectivity index (χ0v) is 12.5. The summed E-state index contributed by atoms with van der Waals surface area (Å²) in [5.74, 6) is -0.778. The third-order valence-corrected chi connectivity index (χ3v) is 3.16. The molecular formula is C16H13ClFNO3. The molecule has 114 valence electrons. The topological polar surface area (TPSA) is 55.4 Å². The molecule has 0 atom stereocenters. The van der Waals surface area contributed by atoms with E-state index in [1.807, 2.05) is 0 Å². The SMILES string of the molecule is CCOc1ccc(F)cc1C(=O)c1cc(Cl)ccc1NC=O. The number of ether oxygens (including phenoxy) is 1. The Hall–Kier alpha value is -2.40. The first-order valence-electron chi connectivity index (χ1n) is 6.53. The van der Waals surface area contributed by atoms with E-state index in [0.717, 1.165) is 6.07 Å². The van der Waals surface area contributed by atoms with Gasteiger partial charge in [0.2, 0.25) is 6.41 Å². The number of amides is 1. The summed E-state index contributed by atoms with van der Waals surface area (Å²) in [5.41, 5.74) is 0.514. The van der Waals surface area contributed by atoms with Crippen molar-refractivity contribution in [3.8, 4) is 5.75 Å². The Bertz CT molecular complexity index is 719. The van der Waals surface area contributed by atoms with Crippen LogP contribution in [0.2, 0.25) is 5.02 Å². The first kappa shape index (κ1) is 16.0. The quantitative estimate of drug-likeness (QED) is 0.652. The maximum absolute atomic E-state index is 13.5. The van der Waals surface area contributed by atoms with Gasteiger partial charge in [-0.15, -0.1) is 0 Å². The van der Waals surface area contributed by atoms with E-state index < -0.39 is 11.6 Å². The minimum atomic E-state index is -0.557. The fourth-order valence-electron chi connectivity index (χ4n) is 2.00. The van der Waals surface area contributed by atoms with Crippen LogP contribution in [0, 0.1) is 5.82 Å². The van der Waals surface area contributed by atoms with Crippen molar-refractivity contribution in [1.82, 2.24) is 0 Å². The molecule has 0 aliphatic carbocycles. The van der Waals surface area contributed by atoms with Gasteiger partial charge in [0.25, 0.3) is 0 Å². The van der Waals surface area contributed by atoms with Crippen LogP contribution in [0.1, 0.15) is 22.8 Å². The van der Waals surface area contributed by atoms with Crippen molar-refractivity contribution >= 4 is 29.5 Å². The van der Waals surface area contributed by atoms with E-state index in [1.165, 1.54) is 24.3 Å². The number of anilines is 1. The molecule has 0 saturated carbocycles. The van der Waals surface area contributed by atoms with E-state index in [4.69, 9.17) is 16.3 Å². The van der Waals surface area contributed by atoms with Gasteiger partial charge in [0.05, 0.1) is 17.9 Å². The molecule has 0 bridgehead atoms.